The maximum absolute atomic E-state index is 13.2. The molecule has 0 fully saturated rings. The number of hydrogen-bond donors (Lipinski definition) is 0. The van der Waals surface area contributed by atoms with Gasteiger partial charge in [-0.1, -0.05) is 83.6 Å². The summed E-state index contributed by atoms with van der Waals surface area (Å²) in [5.74, 6) is 1.46. The molecule has 0 bridgehead atoms. The average Bonchev–Trinajstić information content (AvgIpc) is 3.29. The molecule has 0 radical (unpaired) electrons. The number of aromatic nitrogens is 4. The molecule has 0 spiro atoms. The monoisotopic (exact) mass is 440 g/mol. The molecule has 0 aliphatic carbocycles. The minimum absolute atomic E-state index is 0.0620. The summed E-state index contributed by atoms with van der Waals surface area (Å²) in [6.07, 6.45) is 0. The Balaban J connectivity index is 1.47. The van der Waals surface area contributed by atoms with Crippen LogP contribution < -0.4 is 5.56 Å². The quantitative estimate of drug-likeness (QED) is 0.270. The zero-order chi connectivity index (χ0) is 21.9. The van der Waals surface area contributed by atoms with Gasteiger partial charge in [0, 0.05) is 5.56 Å². The summed E-state index contributed by atoms with van der Waals surface area (Å²) < 4.78 is 7.18. The number of fused-ring (bicyclic) bond motifs is 1. The summed E-state index contributed by atoms with van der Waals surface area (Å²) in [5, 5.41) is 5.35. The molecule has 0 saturated heterocycles. The molecule has 32 heavy (non-hydrogen) atoms. The van der Waals surface area contributed by atoms with Gasteiger partial charge in [-0.15, -0.1) is 0 Å². The first-order valence-electron chi connectivity index (χ1n) is 10.2. The number of hydrogen-bond acceptors (Lipinski definition) is 6. The van der Waals surface area contributed by atoms with E-state index in [-0.39, 0.29) is 5.56 Å². The highest BCUT2D eigenvalue weighted by atomic mass is 32.2. The van der Waals surface area contributed by atoms with Crippen LogP contribution in [0, 0.1) is 6.92 Å². The van der Waals surface area contributed by atoms with Crippen molar-refractivity contribution in [1.82, 2.24) is 19.7 Å². The van der Waals surface area contributed by atoms with Crippen molar-refractivity contribution in [1.29, 1.82) is 0 Å². The predicted octanol–water partition coefficient (Wildman–Crippen LogP) is 5.10. The maximum Gasteiger partial charge on any atom is 0.262 e. The zero-order valence-electron chi connectivity index (χ0n) is 17.4. The molecule has 3 aromatic carbocycles. The number of para-hydroxylation sites is 1. The van der Waals surface area contributed by atoms with Gasteiger partial charge < -0.3 is 4.52 Å². The lowest BCUT2D eigenvalue weighted by molar-refractivity contribution is 0.391. The van der Waals surface area contributed by atoms with Crippen molar-refractivity contribution in [2.75, 3.05) is 0 Å². The molecule has 158 valence electrons. The molecule has 5 aromatic rings. The second kappa shape index (κ2) is 8.80. The van der Waals surface area contributed by atoms with E-state index in [1.807, 2.05) is 85.8 Å². The van der Waals surface area contributed by atoms with Crippen LogP contribution >= 0.6 is 11.8 Å². The van der Waals surface area contributed by atoms with Gasteiger partial charge in [0.05, 0.1) is 23.2 Å². The van der Waals surface area contributed by atoms with E-state index in [9.17, 15) is 4.79 Å². The van der Waals surface area contributed by atoms with Crippen molar-refractivity contribution < 1.29 is 4.52 Å². The van der Waals surface area contributed by atoms with E-state index in [2.05, 4.69) is 10.1 Å². The largest absolute Gasteiger partial charge is 0.338 e. The van der Waals surface area contributed by atoms with Crippen LogP contribution in [0.25, 0.3) is 22.3 Å². The summed E-state index contributed by atoms with van der Waals surface area (Å²) in [7, 11) is 0. The molecular weight excluding hydrogens is 420 g/mol. The molecule has 7 heteroatoms. The van der Waals surface area contributed by atoms with Crippen LogP contribution in [0.1, 0.15) is 17.0 Å². The fourth-order valence-electron chi connectivity index (χ4n) is 3.54. The minimum Gasteiger partial charge on any atom is -0.338 e. The van der Waals surface area contributed by atoms with Gasteiger partial charge in [0.15, 0.2) is 5.16 Å². The summed E-state index contributed by atoms with van der Waals surface area (Å²) >= 11 is 1.42. The zero-order valence-corrected chi connectivity index (χ0v) is 18.2. The standard InChI is InChI=1S/C25H20N4O2S/c1-17-9-5-6-12-19(17)23-27-22(31-28-23)16-32-25-26-21-14-8-7-13-20(21)24(30)29(25)15-18-10-3-2-4-11-18/h2-14H,15-16H2,1H3. The molecule has 2 aromatic heterocycles. The molecule has 0 saturated carbocycles. The van der Waals surface area contributed by atoms with Crippen LogP contribution in [0.3, 0.4) is 0 Å². The molecule has 0 aliphatic rings. The lowest BCUT2D eigenvalue weighted by Gasteiger charge is -2.12. The fourth-order valence-corrected chi connectivity index (χ4v) is 4.37. The molecule has 5 rings (SSSR count). The summed E-state index contributed by atoms with van der Waals surface area (Å²) in [5.41, 5.74) is 3.68. The number of nitrogens with zero attached hydrogens (tertiary/aromatic N) is 4. The van der Waals surface area contributed by atoms with E-state index in [4.69, 9.17) is 9.51 Å². The lowest BCUT2D eigenvalue weighted by Crippen LogP contribution is -2.24. The van der Waals surface area contributed by atoms with Gasteiger partial charge in [0.25, 0.3) is 5.56 Å². The first-order valence-corrected chi connectivity index (χ1v) is 11.2. The number of thioether (sulfide) groups is 1. The van der Waals surface area contributed by atoms with Crippen LogP contribution in [0.4, 0.5) is 0 Å². The molecule has 0 aliphatic heterocycles. The summed E-state index contributed by atoms with van der Waals surface area (Å²) in [4.78, 5) is 22.6. The Morgan fingerprint density at radius 2 is 1.66 bits per heavy atom. The minimum atomic E-state index is -0.0620. The number of aryl methyl sites for hydroxylation is 1. The summed E-state index contributed by atoms with van der Waals surface area (Å²) in [6.45, 7) is 2.46. The van der Waals surface area contributed by atoms with Crippen molar-refractivity contribution in [3.8, 4) is 11.4 Å². The van der Waals surface area contributed by atoms with Gasteiger partial charge >= 0.3 is 0 Å². The molecule has 0 unspecified atom stereocenters. The molecule has 2 heterocycles. The first kappa shape index (κ1) is 20.2. The van der Waals surface area contributed by atoms with Crippen molar-refractivity contribution in [2.45, 2.75) is 24.4 Å². The molecule has 0 atom stereocenters. The Kier molecular flexibility index (Phi) is 5.56. The van der Waals surface area contributed by atoms with Crippen LogP contribution in [0.15, 0.2) is 93.3 Å². The Morgan fingerprint density at radius 1 is 0.906 bits per heavy atom. The van der Waals surface area contributed by atoms with Gasteiger partial charge in [-0.25, -0.2) is 4.98 Å². The molecule has 0 N–H and O–H groups in total. The maximum atomic E-state index is 13.2. The van der Waals surface area contributed by atoms with Crippen LogP contribution in [0.5, 0.6) is 0 Å². The van der Waals surface area contributed by atoms with Gasteiger partial charge in [0.1, 0.15) is 0 Å². The highest BCUT2D eigenvalue weighted by Crippen LogP contribution is 2.25. The molecule has 6 nitrogen and oxygen atoms in total. The third-order valence-electron chi connectivity index (χ3n) is 5.19. The van der Waals surface area contributed by atoms with Gasteiger partial charge in [0.2, 0.25) is 11.7 Å². The SMILES string of the molecule is Cc1ccccc1-c1noc(CSc2nc3ccccc3c(=O)n2Cc2ccccc2)n1. The lowest BCUT2D eigenvalue weighted by atomic mass is 10.1. The van der Waals surface area contributed by atoms with Gasteiger partial charge in [-0.05, 0) is 30.2 Å². The van der Waals surface area contributed by atoms with Gasteiger partial charge in [-0.2, -0.15) is 4.98 Å². The number of benzene rings is 3. The average molecular weight is 441 g/mol. The van der Waals surface area contributed by atoms with Gasteiger partial charge in [-0.3, -0.25) is 9.36 Å². The van der Waals surface area contributed by atoms with Crippen LogP contribution in [-0.4, -0.2) is 19.7 Å². The van der Waals surface area contributed by atoms with Crippen molar-refractivity contribution >= 4 is 22.7 Å². The molecular formula is C25H20N4O2S. The van der Waals surface area contributed by atoms with E-state index >= 15 is 0 Å². The van der Waals surface area contributed by atoms with E-state index in [0.717, 1.165) is 16.7 Å². The van der Waals surface area contributed by atoms with E-state index < -0.39 is 0 Å². The normalized spacial score (nSPS) is 11.2. The topological polar surface area (TPSA) is 73.8 Å². The number of rotatable bonds is 6. The van der Waals surface area contributed by atoms with Crippen molar-refractivity contribution in [3.05, 3.63) is 106 Å². The summed E-state index contributed by atoms with van der Waals surface area (Å²) in [6, 6.07) is 25.2. The Labute approximate surface area is 188 Å². The Morgan fingerprint density at radius 3 is 2.50 bits per heavy atom. The van der Waals surface area contributed by atoms with Crippen molar-refractivity contribution in [3.63, 3.8) is 0 Å². The highest BCUT2D eigenvalue weighted by molar-refractivity contribution is 7.98. The Bertz CT molecular complexity index is 1440. The van der Waals surface area contributed by atoms with E-state index in [0.29, 0.717) is 40.1 Å². The van der Waals surface area contributed by atoms with Crippen LogP contribution in [-0.2, 0) is 12.3 Å². The van der Waals surface area contributed by atoms with Crippen LogP contribution in [0.2, 0.25) is 0 Å². The third-order valence-corrected chi connectivity index (χ3v) is 6.15. The molecule has 0 amide bonds. The first-order chi connectivity index (χ1) is 15.7. The third kappa shape index (κ3) is 4.07. The fraction of sp³-hybridized carbons (Fsp3) is 0.120. The Hall–Kier alpha value is -3.71. The van der Waals surface area contributed by atoms with E-state index in [1.165, 1.54) is 11.8 Å². The highest BCUT2D eigenvalue weighted by Gasteiger charge is 2.15. The second-order valence-electron chi connectivity index (χ2n) is 7.40. The van der Waals surface area contributed by atoms with E-state index in [1.54, 1.807) is 4.57 Å². The second-order valence-corrected chi connectivity index (χ2v) is 8.35. The smallest absolute Gasteiger partial charge is 0.262 e. The van der Waals surface area contributed by atoms with Crippen molar-refractivity contribution in [2.24, 2.45) is 0 Å². The predicted molar refractivity (Wildman–Crippen MR) is 126 cm³/mol.